The summed E-state index contributed by atoms with van der Waals surface area (Å²) in [5, 5.41) is 6.85. The fourth-order valence-electron chi connectivity index (χ4n) is 3.82. The zero-order valence-corrected chi connectivity index (χ0v) is 17.5. The minimum absolute atomic E-state index is 0.119. The summed E-state index contributed by atoms with van der Waals surface area (Å²) in [6.07, 6.45) is 6.04. The molecular weight excluding hydrogens is 374 g/mol. The van der Waals surface area contributed by atoms with Gasteiger partial charge in [-0.3, -0.25) is 9.59 Å². The van der Waals surface area contributed by atoms with Crippen molar-refractivity contribution in [1.29, 1.82) is 0 Å². The Bertz CT molecular complexity index is 867. The Morgan fingerprint density at radius 1 is 1.07 bits per heavy atom. The van der Waals surface area contributed by atoms with Gasteiger partial charge in [0.1, 0.15) is 0 Å². The van der Waals surface area contributed by atoms with Crippen LogP contribution in [0, 0.1) is 11.8 Å². The number of hydrogen-bond acceptors (Lipinski definition) is 3. The molecule has 0 saturated carbocycles. The molecule has 2 atom stereocenters. The van der Waals surface area contributed by atoms with E-state index in [9.17, 15) is 9.59 Å². The highest BCUT2D eigenvalue weighted by molar-refractivity contribution is 5.90. The van der Waals surface area contributed by atoms with Crippen LogP contribution >= 0.6 is 0 Å². The quantitative estimate of drug-likeness (QED) is 0.416. The topological polar surface area (TPSA) is 70.6 Å². The molecule has 0 spiro atoms. The number of allylic oxidation sites excluding steroid dienone is 2. The van der Waals surface area contributed by atoms with Gasteiger partial charge in [-0.05, 0) is 36.8 Å². The normalized spacial score (nSPS) is 18.8. The molecule has 156 valence electrons. The lowest BCUT2D eigenvalue weighted by Gasteiger charge is -2.24. The van der Waals surface area contributed by atoms with Gasteiger partial charge in [0.25, 0.3) is 5.91 Å². The SMILES string of the molecule is CC1=CC[C@H](/C=N\NC(=O)CNC(=O)C(c2ccccc2)c2ccccc2)[C@@H](C)C1. The van der Waals surface area contributed by atoms with Crippen molar-refractivity contribution >= 4 is 18.0 Å². The van der Waals surface area contributed by atoms with Crippen molar-refractivity contribution < 1.29 is 9.59 Å². The molecule has 0 radical (unpaired) electrons. The van der Waals surface area contributed by atoms with Crippen molar-refractivity contribution in [3.05, 3.63) is 83.4 Å². The summed E-state index contributed by atoms with van der Waals surface area (Å²) in [4.78, 5) is 25.1. The Kier molecular flexibility index (Phi) is 7.55. The minimum Gasteiger partial charge on any atom is -0.346 e. The molecule has 2 aromatic rings. The van der Waals surface area contributed by atoms with Gasteiger partial charge in [-0.1, -0.05) is 79.2 Å². The first kappa shape index (κ1) is 21.5. The molecule has 30 heavy (non-hydrogen) atoms. The number of carbonyl (C=O) groups is 2. The van der Waals surface area contributed by atoms with Crippen LogP contribution in [-0.2, 0) is 9.59 Å². The smallest absolute Gasteiger partial charge is 0.259 e. The molecule has 0 bridgehead atoms. The lowest BCUT2D eigenvalue weighted by Crippen LogP contribution is -2.38. The van der Waals surface area contributed by atoms with Crippen molar-refractivity contribution in [3.8, 4) is 0 Å². The number of benzene rings is 2. The molecule has 0 heterocycles. The number of rotatable bonds is 7. The molecule has 0 aromatic heterocycles. The van der Waals surface area contributed by atoms with Crippen LogP contribution in [0.4, 0.5) is 0 Å². The van der Waals surface area contributed by atoms with E-state index in [1.165, 1.54) is 5.57 Å². The van der Waals surface area contributed by atoms with Crippen LogP contribution in [0.25, 0.3) is 0 Å². The third-order valence-corrected chi connectivity index (χ3v) is 5.52. The lowest BCUT2D eigenvalue weighted by molar-refractivity contribution is -0.126. The molecule has 0 saturated heterocycles. The summed E-state index contributed by atoms with van der Waals surface area (Å²) in [6, 6.07) is 19.1. The molecule has 1 aliphatic rings. The molecule has 0 fully saturated rings. The van der Waals surface area contributed by atoms with E-state index in [0.29, 0.717) is 11.8 Å². The first-order valence-corrected chi connectivity index (χ1v) is 10.4. The standard InChI is InChI=1S/C25H29N3O2/c1-18-13-14-22(19(2)15-18)16-27-28-23(29)17-26-25(30)24(20-9-5-3-6-10-20)21-11-7-4-8-12-21/h3-13,16,19,22,24H,14-15,17H2,1-2H3,(H,26,30)(H,28,29)/b27-16-/t19-,22+/m0/s1. The third-order valence-electron chi connectivity index (χ3n) is 5.52. The van der Waals surface area contributed by atoms with Crippen LogP contribution in [0.15, 0.2) is 77.4 Å². The molecule has 2 aromatic carbocycles. The van der Waals surface area contributed by atoms with Crippen LogP contribution in [0.1, 0.15) is 43.7 Å². The first-order chi connectivity index (χ1) is 14.5. The predicted octanol–water partition coefficient (Wildman–Crippen LogP) is 4.03. The van der Waals surface area contributed by atoms with Crippen LogP contribution in [0.3, 0.4) is 0 Å². The minimum atomic E-state index is -0.471. The molecule has 3 rings (SSSR count). The zero-order valence-electron chi connectivity index (χ0n) is 17.5. The maximum Gasteiger partial charge on any atom is 0.259 e. The average molecular weight is 404 g/mol. The fraction of sp³-hybridized carbons (Fsp3) is 0.320. The van der Waals surface area contributed by atoms with E-state index in [4.69, 9.17) is 0 Å². The molecular formula is C25H29N3O2. The number of nitrogens with one attached hydrogen (secondary N) is 2. The predicted molar refractivity (Wildman–Crippen MR) is 120 cm³/mol. The van der Waals surface area contributed by atoms with Gasteiger partial charge in [0.05, 0.1) is 12.5 Å². The van der Waals surface area contributed by atoms with Gasteiger partial charge in [0, 0.05) is 12.1 Å². The zero-order chi connectivity index (χ0) is 21.3. The molecule has 1 aliphatic carbocycles. The molecule has 0 aliphatic heterocycles. The van der Waals surface area contributed by atoms with Gasteiger partial charge < -0.3 is 5.32 Å². The third kappa shape index (κ3) is 5.89. The van der Waals surface area contributed by atoms with Crippen molar-refractivity contribution in [1.82, 2.24) is 10.7 Å². The number of carbonyl (C=O) groups excluding carboxylic acids is 2. The Morgan fingerprint density at radius 3 is 2.23 bits per heavy atom. The van der Waals surface area contributed by atoms with Crippen molar-refractivity contribution in [3.63, 3.8) is 0 Å². The van der Waals surface area contributed by atoms with Crippen molar-refractivity contribution in [2.45, 2.75) is 32.6 Å². The molecule has 5 heteroatoms. The highest BCUT2D eigenvalue weighted by Gasteiger charge is 2.23. The molecule has 0 unspecified atom stereocenters. The monoisotopic (exact) mass is 403 g/mol. The fourth-order valence-corrected chi connectivity index (χ4v) is 3.82. The van der Waals surface area contributed by atoms with Crippen LogP contribution in [0.5, 0.6) is 0 Å². The molecule has 5 nitrogen and oxygen atoms in total. The van der Waals surface area contributed by atoms with Gasteiger partial charge in [-0.2, -0.15) is 5.10 Å². The number of hydrogen-bond donors (Lipinski definition) is 2. The lowest BCUT2D eigenvalue weighted by atomic mass is 9.82. The highest BCUT2D eigenvalue weighted by atomic mass is 16.2. The maximum atomic E-state index is 12.9. The Labute approximate surface area is 178 Å². The van der Waals surface area contributed by atoms with Gasteiger partial charge in [0.2, 0.25) is 5.91 Å². The molecule has 2 N–H and O–H groups in total. The second-order valence-corrected chi connectivity index (χ2v) is 7.92. The van der Waals surface area contributed by atoms with Gasteiger partial charge in [0.15, 0.2) is 0 Å². The van der Waals surface area contributed by atoms with Crippen LogP contribution < -0.4 is 10.7 Å². The number of amides is 2. The Morgan fingerprint density at radius 2 is 1.67 bits per heavy atom. The van der Waals surface area contributed by atoms with E-state index >= 15 is 0 Å². The summed E-state index contributed by atoms with van der Waals surface area (Å²) >= 11 is 0. The van der Waals surface area contributed by atoms with Crippen molar-refractivity contribution in [2.24, 2.45) is 16.9 Å². The van der Waals surface area contributed by atoms with E-state index in [1.54, 1.807) is 0 Å². The van der Waals surface area contributed by atoms with E-state index < -0.39 is 5.92 Å². The largest absolute Gasteiger partial charge is 0.346 e. The van der Waals surface area contributed by atoms with E-state index in [0.717, 1.165) is 24.0 Å². The van der Waals surface area contributed by atoms with Gasteiger partial charge in [-0.25, -0.2) is 5.43 Å². The summed E-state index contributed by atoms with van der Waals surface area (Å²) in [5.74, 6) is -0.193. The number of nitrogens with zero attached hydrogens (tertiary/aromatic N) is 1. The average Bonchev–Trinajstić information content (AvgIpc) is 2.75. The summed E-state index contributed by atoms with van der Waals surface area (Å²) < 4.78 is 0. The second kappa shape index (κ2) is 10.5. The van der Waals surface area contributed by atoms with E-state index in [2.05, 4.69) is 35.8 Å². The second-order valence-electron chi connectivity index (χ2n) is 7.92. The summed E-state index contributed by atoms with van der Waals surface area (Å²) in [6.45, 7) is 4.22. The number of hydrazone groups is 1. The van der Waals surface area contributed by atoms with E-state index in [-0.39, 0.29) is 18.4 Å². The molecule has 2 amide bonds. The van der Waals surface area contributed by atoms with E-state index in [1.807, 2.05) is 66.9 Å². The highest BCUT2D eigenvalue weighted by Crippen LogP contribution is 2.27. The Balaban J connectivity index is 1.56. The summed E-state index contributed by atoms with van der Waals surface area (Å²) in [7, 11) is 0. The van der Waals surface area contributed by atoms with Gasteiger partial charge >= 0.3 is 0 Å². The maximum absolute atomic E-state index is 12.9. The van der Waals surface area contributed by atoms with Crippen LogP contribution in [-0.4, -0.2) is 24.6 Å². The summed E-state index contributed by atoms with van der Waals surface area (Å²) in [5.41, 5.74) is 5.71. The van der Waals surface area contributed by atoms with Gasteiger partial charge in [-0.15, -0.1) is 0 Å². The van der Waals surface area contributed by atoms with Crippen LogP contribution in [0.2, 0.25) is 0 Å². The Hall–Kier alpha value is -3.21. The first-order valence-electron chi connectivity index (χ1n) is 10.4. The van der Waals surface area contributed by atoms with Crippen molar-refractivity contribution in [2.75, 3.05) is 6.54 Å².